The minimum absolute atomic E-state index is 0.249. The van der Waals surface area contributed by atoms with Crippen molar-refractivity contribution in [1.29, 1.82) is 0 Å². The van der Waals surface area contributed by atoms with E-state index in [2.05, 4.69) is 37.4 Å². The van der Waals surface area contributed by atoms with E-state index in [9.17, 15) is 0 Å². The SMILES string of the molecule is CCn1nc(C)c(Cl)c1CNCC(C)(C)SC. The molecule has 1 heterocycles. The minimum Gasteiger partial charge on any atom is -0.310 e. The Morgan fingerprint density at radius 3 is 2.65 bits per heavy atom. The number of hydrogen-bond donors (Lipinski definition) is 1. The van der Waals surface area contributed by atoms with Gasteiger partial charge in [-0.25, -0.2) is 0 Å². The van der Waals surface area contributed by atoms with Crippen molar-refractivity contribution in [3.63, 3.8) is 0 Å². The normalized spacial score (nSPS) is 12.1. The van der Waals surface area contributed by atoms with Gasteiger partial charge in [0.1, 0.15) is 0 Å². The van der Waals surface area contributed by atoms with Crippen LogP contribution in [0, 0.1) is 6.92 Å². The number of aromatic nitrogens is 2. The Balaban J connectivity index is 2.63. The van der Waals surface area contributed by atoms with Crippen LogP contribution in [0.3, 0.4) is 0 Å². The molecular weight excluding hydrogens is 254 g/mol. The van der Waals surface area contributed by atoms with Gasteiger partial charge in [0.2, 0.25) is 0 Å². The molecule has 0 amide bonds. The van der Waals surface area contributed by atoms with Gasteiger partial charge in [0.15, 0.2) is 0 Å². The Hall–Kier alpha value is -0.190. The van der Waals surface area contributed by atoms with Crippen molar-refractivity contribution in [2.75, 3.05) is 12.8 Å². The maximum absolute atomic E-state index is 6.25. The van der Waals surface area contributed by atoms with Gasteiger partial charge in [-0.05, 0) is 34.0 Å². The van der Waals surface area contributed by atoms with Crippen molar-refractivity contribution in [3.05, 3.63) is 16.4 Å². The zero-order valence-electron chi connectivity index (χ0n) is 11.3. The molecule has 17 heavy (non-hydrogen) atoms. The van der Waals surface area contributed by atoms with E-state index in [1.54, 1.807) is 0 Å². The van der Waals surface area contributed by atoms with Crippen LogP contribution in [0.25, 0.3) is 0 Å². The van der Waals surface area contributed by atoms with Gasteiger partial charge in [-0.3, -0.25) is 4.68 Å². The number of nitrogens with one attached hydrogen (secondary N) is 1. The maximum atomic E-state index is 6.25. The average Bonchev–Trinajstić information content (AvgIpc) is 2.56. The number of hydrogen-bond acceptors (Lipinski definition) is 3. The van der Waals surface area contributed by atoms with Crippen molar-refractivity contribution in [1.82, 2.24) is 15.1 Å². The molecule has 0 aromatic carbocycles. The molecule has 0 atom stereocenters. The summed E-state index contributed by atoms with van der Waals surface area (Å²) in [5.74, 6) is 0. The van der Waals surface area contributed by atoms with Gasteiger partial charge in [0.05, 0.1) is 16.4 Å². The van der Waals surface area contributed by atoms with Crippen LogP contribution in [0.2, 0.25) is 5.02 Å². The van der Waals surface area contributed by atoms with Crippen molar-refractivity contribution >= 4 is 23.4 Å². The summed E-state index contributed by atoms with van der Waals surface area (Å²) in [4.78, 5) is 0. The lowest BCUT2D eigenvalue weighted by molar-refractivity contribution is 0.548. The van der Waals surface area contributed by atoms with Crippen LogP contribution in [0.5, 0.6) is 0 Å². The fourth-order valence-corrected chi connectivity index (χ4v) is 2.04. The molecule has 1 aromatic rings. The lowest BCUT2D eigenvalue weighted by Crippen LogP contribution is -2.32. The second-order valence-electron chi connectivity index (χ2n) is 4.73. The number of rotatable bonds is 6. The fourth-order valence-electron chi connectivity index (χ4n) is 1.59. The molecule has 0 saturated heterocycles. The quantitative estimate of drug-likeness (QED) is 0.865. The summed E-state index contributed by atoms with van der Waals surface area (Å²) in [7, 11) is 0. The highest BCUT2D eigenvalue weighted by molar-refractivity contribution is 7.99. The topological polar surface area (TPSA) is 29.9 Å². The lowest BCUT2D eigenvalue weighted by atomic mass is 10.2. The van der Waals surface area contributed by atoms with Gasteiger partial charge < -0.3 is 5.32 Å². The first-order chi connectivity index (χ1) is 7.91. The second kappa shape index (κ2) is 6.12. The highest BCUT2D eigenvalue weighted by Crippen LogP contribution is 2.22. The summed E-state index contributed by atoms with van der Waals surface area (Å²) < 4.78 is 2.22. The minimum atomic E-state index is 0.249. The van der Waals surface area contributed by atoms with Crippen LogP contribution in [0.4, 0.5) is 0 Å². The van der Waals surface area contributed by atoms with E-state index in [0.29, 0.717) is 0 Å². The first-order valence-corrected chi connectivity index (χ1v) is 7.49. The van der Waals surface area contributed by atoms with Crippen LogP contribution in [0.1, 0.15) is 32.2 Å². The molecule has 0 radical (unpaired) electrons. The Morgan fingerprint density at radius 1 is 1.47 bits per heavy atom. The van der Waals surface area contributed by atoms with E-state index in [0.717, 1.165) is 36.0 Å². The smallest absolute Gasteiger partial charge is 0.0860 e. The second-order valence-corrected chi connectivity index (χ2v) is 6.62. The monoisotopic (exact) mass is 275 g/mol. The van der Waals surface area contributed by atoms with Crippen LogP contribution in [0.15, 0.2) is 0 Å². The molecular formula is C12H22ClN3S. The van der Waals surface area contributed by atoms with E-state index >= 15 is 0 Å². The average molecular weight is 276 g/mol. The first kappa shape index (κ1) is 14.9. The number of thioether (sulfide) groups is 1. The highest BCUT2D eigenvalue weighted by atomic mass is 35.5. The van der Waals surface area contributed by atoms with Crippen molar-refractivity contribution in [3.8, 4) is 0 Å². The van der Waals surface area contributed by atoms with Crippen molar-refractivity contribution < 1.29 is 0 Å². The van der Waals surface area contributed by atoms with Crippen molar-refractivity contribution in [2.24, 2.45) is 0 Å². The first-order valence-electron chi connectivity index (χ1n) is 5.89. The van der Waals surface area contributed by atoms with Gasteiger partial charge in [-0.1, -0.05) is 11.6 Å². The third kappa shape index (κ3) is 3.90. The van der Waals surface area contributed by atoms with E-state index in [-0.39, 0.29) is 4.75 Å². The molecule has 0 aliphatic rings. The Morgan fingerprint density at radius 2 is 2.12 bits per heavy atom. The fraction of sp³-hybridized carbons (Fsp3) is 0.750. The molecule has 0 saturated carbocycles. The summed E-state index contributed by atoms with van der Waals surface area (Å²) in [6.45, 7) is 11.1. The molecule has 1 aromatic heterocycles. The number of aryl methyl sites for hydroxylation is 2. The van der Waals surface area contributed by atoms with Crippen LogP contribution in [-0.4, -0.2) is 27.3 Å². The van der Waals surface area contributed by atoms with Crippen LogP contribution in [-0.2, 0) is 13.1 Å². The standard InChI is InChI=1S/C12H22ClN3S/c1-6-16-10(11(13)9(2)15-16)7-14-8-12(3,4)17-5/h14H,6-8H2,1-5H3. The summed E-state index contributed by atoms with van der Waals surface area (Å²) in [5.41, 5.74) is 2.00. The summed E-state index contributed by atoms with van der Waals surface area (Å²) in [6, 6.07) is 0. The Labute approximate surface area is 113 Å². The molecule has 0 aliphatic heterocycles. The molecule has 1 rings (SSSR count). The van der Waals surface area contributed by atoms with Gasteiger partial charge in [-0.2, -0.15) is 16.9 Å². The van der Waals surface area contributed by atoms with E-state index < -0.39 is 0 Å². The third-order valence-electron chi connectivity index (χ3n) is 2.85. The molecule has 0 fully saturated rings. The molecule has 0 aliphatic carbocycles. The number of nitrogens with zero attached hydrogens (tertiary/aromatic N) is 2. The van der Waals surface area contributed by atoms with Gasteiger partial charge in [0, 0.05) is 24.4 Å². The summed E-state index contributed by atoms with van der Waals surface area (Å²) >= 11 is 8.11. The third-order valence-corrected chi connectivity index (χ3v) is 4.59. The van der Waals surface area contributed by atoms with E-state index in [4.69, 9.17) is 11.6 Å². The van der Waals surface area contributed by atoms with Gasteiger partial charge in [-0.15, -0.1) is 0 Å². The lowest BCUT2D eigenvalue weighted by Gasteiger charge is -2.22. The molecule has 1 N–H and O–H groups in total. The highest BCUT2D eigenvalue weighted by Gasteiger charge is 2.17. The molecule has 0 spiro atoms. The summed E-state index contributed by atoms with van der Waals surface area (Å²) in [6.07, 6.45) is 2.13. The van der Waals surface area contributed by atoms with Gasteiger partial charge >= 0.3 is 0 Å². The van der Waals surface area contributed by atoms with Crippen molar-refractivity contribution in [2.45, 2.75) is 45.5 Å². The molecule has 0 unspecified atom stereocenters. The zero-order chi connectivity index (χ0) is 13.1. The zero-order valence-corrected chi connectivity index (χ0v) is 12.9. The maximum Gasteiger partial charge on any atom is 0.0860 e. The Kier molecular flexibility index (Phi) is 5.35. The molecule has 5 heteroatoms. The predicted molar refractivity (Wildman–Crippen MR) is 76.9 cm³/mol. The predicted octanol–water partition coefficient (Wildman–Crippen LogP) is 3.10. The largest absolute Gasteiger partial charge is 0.310 e. The molecule has 3 nitrogen and oxygen atoms in total. The summed E-state index contributed by atoms with van der Waals surface area (Å²) in [5, 5.41) is 8.65. The molecule has 0 bridgehead atoms. The molecule has 98 valence electrons. The number of halogens is 1. The van der Waals surface area contributed by atoms with Crippen LogP contribution >= 0.6 is 23.4 Å². The van der Waals surface area contributed by atoms with Crippen LogP contribution < -0.4 is 5.32 Å². The Bertz CT molecular complexity index is 374. The van der Waals surface area contributed by atoms with E-state index in [1.807, 2.05) is 23.4 Å². The van der Waals surface area contributed by atoms with Gasteiger partial charge in [0.25, 0.3) is 0 Å². The van der Waals surface area contributed by atoms with E-state index in [1.165, 1.54) is 0 Å².